The number of amides is 2. The van der Waals surface area contributed by atoms with Gasteiger partial charge in [-0.05, 0) is 86.9 Å². The van der Waals surface area contributed by atoms with E-state index in [-0.39, 0.29) is 40.1 Å². The minimum Gasteiger partial charge on any atom is -0.453 e. The maximum atomic E-state index is 15.4. The van der Waals surface area contributed by atoms with E-state index >= 15 is 4.39 Å². The molecule has 2 aliphatic rings. The zero-order valence-electron chi connectivity index (χ0n) is 28.0. The number of hydrogen-bond donors (Lipinski definition) is 3. The Labute approximate surface area is 290 Å². The molecule has 2 saturated heterocycles. The van der Waals surface area contributed by atoms with Crippen LogP contribution in [0.2, 0.25) is 0 Å². The van der Waals surface area contributed by atoms with Crippen LogP contribution >= 0.6 is 0 Å². The predicted octanol–water partition coefficient (Wildman–Crippen LogP) is 5.35. The average Bonchev–Trinajstić information content (AvgIpc) is 3.09. The number of hydrogen-bond acceptors (Lipinski definition) is 7. The number of nitrogens with one attached hydrogen (secondary N) is 3. The van der Waals surface area contributed by atoms with Crippen molar-refractivity contribution in [1.29, 1.82) is 0 Å². The third-order valence-electron chi connectivity index (χ3n) is 9.42. The van der Waals surface area contributed by atoms with Gasteiger partial charge in [0.2, 0.25) is 15.9 Å². The minimum absolute atomic E-state index is 0.159. The number of alkyl carbamates (subject to hydrolysis) is 1. The summed E-state index contributed by atoms with van der Waals surface area (Å²) >= 11 is 0. The lowest BCUT2D eigenvalue weighted by Crippen LogP contribution is -2.58. The van der Waals surface area contributed by atoms with E-state index in [1.165, 1.54) is 22.5 Å². The van der Waals surface area contributed by atoms with Gasteiger partial charge in [0.1, 0.15) is 23.5 Å². The summed E-state index contributed by atoms with van der Waals surface area (Å²) in [6.45, 7) is 3.48. The third kappa shape index (κ3) is 8.84. The van der Waals surface area contributed by atoms with Crippen LogP contribution in [0.1, 0.15) is 49.7 Å². The third-order valence-corrected chi connectivity index (χ3v) is 11.5. The van der Waals surface area contributed by atoms with Crippen LogP contribution in [0.15, 0.2) is 71.6 Å². The van der Waals surface area contributed by atoms with Gasteiger partial charge < -0.3 is 25.4 Å². The van der Waals surface area contributed by atoms with Crippen LogP contribution in [0.3, 0.4) is 0 Å². The number of carbonyl (C=O) groups is 2. The molecule has 0 radical (unpaired) electrons. The lowest BCUT2D eigenvalue weighted by Gasteiger charge is -2.40. The van der Waals surface area contributed by atoms with Gasteiger partial charge in [0, 0.05) is 61.6 Å². The van der Waals surface area contributed by atoms with Crippen molar-refractivity contribution in [2.75, 3.05) is 38.7 Å². The number of sulfonamides is 1. The van der Waals surface area contributed by atoms with Crippen LogP contribution in [0, 0.1) is 23.4 Å². The predicted molar refractivity (Wildman–Crippen MR) is 182 cm³/mol. The van der Waals surface area contributed by atoms with Crippen LogP contribution in [-0.2, 0) is 30.7 Å². The summed E-state index contributed by atoms with van der Waals surface area (Å²) in [6.07, 6.45) is 0.970. The molecule has 0 spiro atoms. The largest absolute Gasteiger partial charge is 0.453 e. The number of anilines is 1. The zero-order chi connectivity index (χ0) is 35.8. The number of rotatable bonds is 12. The molecule has 2 heterocycles. The summed E-state index contributed by atoms with van der Waals surface area (Å²) in [6, 6.07) is 13.4. The molecule has 2 amide bonds. The monoisotopic (exact) mass is 716 g/mol. The first-order chi connectivity index (χ1) is 24.0. The topological polar surface area (TPSA) is 126 Å². The normalized spacial score (nSPS) is 20.1. The summed E-state index contributed by atoms with van der Waals surface area (Å²) in [7, 11) is -2.66. The van der Waals surface area contributed by atoms with Gasteiger partial charge >= 0.3 is 6.09 Å². The summed E-state index contributed by atoms with van der Waals surface area (Å²) in [5, 5.41) is 8.61. The molecule has 0 saturated carbocycles. The van der Waals surface area contributed by atoms with Gasteiger partial charge in [-0.25, -0.2) is 26.4 Å². The quantitative estimate of drug-likeness (QED) is 0.231. The smallest absolute Gasteiger partial charge is 0.407 e. The first kappa shape index (κ1) is 37.3. The van der Waals surface area contributed by atoms with Crippen molar-refractivity contribution in [3.63, 3.8) is 0 Å². The second-order valence-corrected chi connectivity index (χ2v) is 14.6. The van der Waals surface area contributed by atoms with Gasteiger partial charge in [-0.3, -0.25) is 4.79 Å². The zero-order valence-corrected chi connectivity index (χ0v) is 28.9. The molecule has 3 aromatic rings. The molecule has 14 heteroatoms. The number of piperazine rings is 1. The van der Waals surface area contributed by atoms with Crippen LogP contribution < -0.4 is 16.0 Å². The van der Waals surface area contributed by atoms with E-state index in [4.69, 9.17) is 9.47 Å². The molecular formula is C36H43F3N4O6S. The first-order valence-corrected chi connectivity index (χ1v) is 18.2. The summed E-state index contributed by atoms with van der Waals surface area (Å²) < 4.78 is 83.5. The van der Waals surface area contributed by atoms with Gasteiger partial charge in [-0.2, -0.15) is 4.31 Å². The van der Waals surface area contributed by atoms with E-state index in [9.17, 15) is 26.8 Å². The van der Waals surface area contributed by atoms with Crippen LogP contribution in [-0.4, -0.2) is 76.3 Å². The molecular weight excluding hydrogens is 673 g/mol. The van der Waals surface area contributed by atoms with Crippen molar-refractivity contribution in [3.8, 4) is 0 Å². The molecule has 0 aromatic heterocycles. The first-order valence-electron chi connectivity index (χ1n) is 16.8. The van der Waals surface area contributed by atoms with E-state index in [0.29, 0.717) is 52.0 Å². The number of ether oxygens (including phenoxy) is 2. The molecule has 5 rings (SSSR count). The number of benzene rings is 3. The van der Waals surface area contributed by atoms with E-state index < -0.39 is 57.5 Å². The SMILES string of the molecule is COC(=O)NC(C(=O)Nc1cccc(F)c1CCCC1CNCC(C)N1S(=O)(=O)c1ccccc1)C(c1cc(F)cc(F)c1)C1CCOCC1. The molecule has 4 atom stereocenters. The van der Waals surface area contributed by atoms with Crippen molar-refractivity contribution in [3.05, 3.63) is 95.3 Å². The Morgan fingerprint density at radius 1 is 1.00 bits per heavy atom. The molecule has 3 N–H and O–H groups in total. The Morgan fingerprint density at radius 3 is 2.38 bits per heavy atom. The molecule has 2 fully saturated rings. The second kappa shape index (κ2) is 16.8. The number of nitrogens with zero attached hydrogens (tertiary/aromatic N) is 1. The van der Waals surface area contributed by atoms with Crippen molar-refractivity contribution < 1.29 is 40.7 Å². The van der Waals surface area contributed by atoms with E-state index in [2.05, 4.69) is 16.0 Å². The van der Waals surface area contributed by atoms with Crippen LogP contribution in [0.4, 0.5) is 23.7 Å². The Hall–Kier alpha value is -3.98. The van der Waals surface area contributed by atoms with Gasteiger partial charge in [0.05, 0.1) is 12.0 Å². The van der Waals surface area contributed by atoms with Gasteiger partial charge in [-0.1, -0.05) is 24.3 Å². The van der Waals surface area contributed by atoms with Crippen LogP contribution in [0.5, 0.6) is 0 Å². The van der Waals surface area contributed by atoms with E-state index in [1.807, 2.05) is 6.92 Å². The molecule has 10 nitrogen and oxygen atoms in total. The summed E-state index contributed by atoms with van der Waals surface area (Å²) in [5.74, 6) is -4.14. The lowest BCUT2D eigenvalue weighted by molar-refractivity contribution is -0.119. The molecule has 3 aromatic carbocycles. The fourth-order valence-electron chi connectivity index (χ4n) is 7.11. The molecule has 270 valence electrons. The van der Waals surface area contributed by atoms with Gasteiger partial charge in [0.15, 0.2) is 0 Å². The molecule has 0 aliphatic carbocycles. The Kier molecular flexibility index (Phi) is 12.5. The molecule has 50 heavy (non-hydrogen) atoms. The number of methoxy groups -OCH3 is 1. The highest BCUT2D eigenvalue weighted by molar-refractivity contribution is 7.89. The summed E-state index contributed by atoms with van der Waals surface area (Å²) in [4.78, 5) is 26.9. The van der Waals surface area contributed by atoms with Gasteiger partial charge in [-0.15, -0.1) is 0 Å². The highest BCUT2D eigenvalue weighted by Gasteiger charge is 2.39. The van der Waals surface area contributed by atoms with Crippen LogP contribution in [0.25, 0.3) is 0 Å². The van der Waals surface area contributed by atoms with E-state index in [0.717, 1.165) is 25.3 Å². The fraction of sp³-hybridized carbons (Fsp3) is 0.444. The summed E-state index contributed by atoms with van der Waals surface area (Å²) in [5.41, 5.74) is 0.536. The molecule has 4 unspecified atom stereocenters. The van der Waals surface area contributed by atoms with Crippen molar-refractivity contribution in [2.24, 2.45) is 5.92 Å². The number of halogens is 3. The van der Waals surface area contributed by atoms with Crippen molar-refractivity contribution >= 4 is 27.7 Å². The minimum atomic E-state index is -3.79. The standard InChI is InChI=1S/C36H43F3N4O6S/c1-23-21-40-22-28(43(23)50(46,47)29-9-4-3-5-10-29)8-6-11-30-31(39)12-7-13-32(30)41-35(44)34(42-36(45)48-2)33(24-14-16-49-17-15-24)25-18-26(37)20-27(38)19-25/h3-5,7,9-10,12-13,18-20,23-24,28,33-34,40H,6,8,11,14-17,21-22H2,1-2H3,(H,41,44)(H,42,45). The average molecular weight is 717 g/mol. The molecule has 2 aliphatic heterocycles. The van der Waals surface area contributed by atoms with E-state index in [1.54, 1.807) is 30.3 Å². The van der Waals surface area contributed by atoms with Crippen molar-refractivity contribution in [1.82, 2.24) is 14.9 Å². The Balaban J connectivity index is 1.38. The number of carbonyl (C=O) groups excluding carboxylic acids is 2. The second-order valence-electron chi connectivity index (χ2n) is 12.7. The Bertz CT molecular complexity index is 1720. The highest BCUT2D eigenvalue weighted by atomic mass is 32.2. The highest BCUT2D eigenvalue weighted by Crippen LogP contribution is 2.37. The maximum absolute atomic E-state index is 15.4. The molecule has 0 bridgehead atoms. The maximum Gasteiger partial charge on any atom is 0.407 e. The van der Waals surface area contributed by atoms with Gasteiger partial charge in [0.25, 0.3) is 0 Å². The Morgan fingerprint density at radius 2 is 1.70 bits per heavy atom. The van der Waals surface area contributed by atoms with Crippen molar-refractivity contribution in [2.45, 2.75) is 68.0 Å². The fourth-order valence-corrected chi connectivity index (χ4v) is 8.98. The lowest BCUT2D eigenvalue weighted by atomic mass is 9.76.